The molecule has 2 atom stereocenters. The topological polar surface area (TPSA) is 111 Å². The Morgan fingerprint density at radius 1 is 0.376 bits per heavy atom. The van der Waals surface area contributed by atoms with Crippen molar-refractivity contribution in [2.75, 3.05) is 47.5 Å². The molecule has 0 aliphatic carbocycles. The minimum atomic E-state index is -4.66. The highest BCUT2D eigenvalue weighted by atomic mass is 31.2. The van der Waals surface area contributed by atoms with Gasteiger partial charge >= 0.3 is 11.9 Å². The molecule has 0 bridgehead atoms. The summed E-state index contributed by atoms with van der Waals surface area (Å²) in [4.78, 5) is 38.0. The zero-order valence-electron chi connectivity index (χ0n) is 55.3. The molecule has 9 nitrogen and oxygen atoms in total. The molecular weight excluding hydrogens is 1070 g/mol. The van der Waals surface area contributed by atoms with Gasteiger partial charge in [-0.15, -0.1) is 0 Å². The van der Waals surface area contributed by atoms with Gasteiger partial charge in [0.25, 0.3) is 7.82 Å². The summed E-state index contributed by atoms with van der Waals surface area (Å²) in [6.45, 7) is 4.10. The van der Waals surface area contributed by atoms with Crippen LogP contribution in [0.1, 0.15) is 277 Å². The Morgan fingerprint density at radius 3 is 1.00 bits per heavy atom. The molecule has 0 radical (unpaired) electrons. The fourth-order valence-electron chi connectivity index (χ4n) is 9.19. The molecule has 0 N–H and O–H groups in total. The van der Waals surface area contributed by atoms with E-state index in [1.165, 1.54) is 135 Å². The van der Waals surface area contributed by atoms with E-state index in [1.54, 1.807) is 0 Å². The number of unbranched alkanes of at least 4 members (excludes halogenated alkanes) is 26. The normalized spacial score (nSPS) is 14.0. The molecule has 0 saturated heterocycles. The Hall–Kier alpha value is -3.85. The third kappa shape index (κ3) is 69.1. The van der Waals surface area contributed by atoms with Crippen LogP contribution in [-0.4, -0.2) is 70.0 Å². The summed E-state index contributed by atoms with van der Waals surface area (Å²) in [6, 6.07) is 0. The van der Waals surface area contributed by atoms with Crippen molar-refractivity contribution < 1.29 is 42.1 Å². The standard InChI is InChI=1S/C75H128NO8P/c1-6-8-10-12-14-16-18-20-22-24-26-28-30-32-33-34-35-36-37-38-39-40-41-42-43-44-46-48-50-52-54-56-58-60-62-64-66-68-75(78)84-73(72-83-85(79,80)82-70-69-76(3,4)5)71-81-74(77)67-65-63-61-59-57-55-53-51-49-47-45-31-29-27-25-23-21-19-17-15-13-11-9-7-2/h8,10,14,16,20,22,26,28,32-33,35-36,38-39,41-42,44,46,50,52,56,58,73H,6-7,9,11-13,15,17-19,21,23-25,27,29-31,34,37,40,43,45,47-49,51,53-55,57,59-72H2,1-5H3/b10-8-,16-14-,22-20-,28-26-,33-32-,36-35-,39-38-,42-41-,46-44-,52-50-,58-56-. The molecule has 0 rings (SSSR count). The molecular formula is C75H128NO8P. The first-order valence-electron chi connectivity index (χ1n) is 34.4. The van der Waals surface area contributed by atoms with Gasteiger partial charge in [0.1, 0.15) is 19.8 Å². The quantitative estimate of drug-likeness (QED) is 0.0195. The van der Waals surface area contributed by atoms with E-state index in [-0.39, 0.29) is 26.1 Å². The lowest BCUT2D eigenvalue weighted by atomic mass is 10.0. The molecule has 2 unspecified atom stereocenters. The van der Waals surface area contributed by atoms with E-state index in [4.69, 9.17) is 18.5 Å². The molecule has 0 aromatic heterocycles. The van der Waals surface area contributed by atoms with Crippen LogP contribution in [0.5, 0.6) is 0 Å². The Morgan fingerprint density at radius 2 is 0.671 bits per heavy atom. The third-order valence-electron chi connectivity index (χ3n) is 14.4. The molecule has 0 aliphatic heterocycles. The number of hydrogen-bond acceptors (Lipinski definition) is 8. The maximum absolute atomic E-state index is 12.8. The summed E-state index contributed by atoms with van der Waals surface area (Å²) in [5.41, 5.74) is 0. The Kier molecular flexibility index (Phi) is 61.7. The van der Waals surface area contributed by atoms with Gasteiger partial charge in [0.2, 0.25) is 0 Å². The van der Waals surface area contributed by atoms with Gasteiger partial charge in [-0.1, -0.05) is 302 Å². The van der Waals surface area contributed by atoms with Gasteiger partial charge in [0.05, 0.1) is 27.7 Å². The number of rotatable bonds is 62. The molecule has 0 fully saturated rings. The zero-order valence-corrected chi connectivity index (χ0v) is 56.2. The van der Waals surface area contributed by atoms with Gasteiger partial charge in [-0.3, -0.25) is 14.2 Å². The fourth-order valence-corrected chi connectivity index (χ4v) is 9.92. The third-order valence-corrected chi connectivity index (χ3v) is 15.4. The second kappa shape index (κ2) is 64.6. The van der Waals surface area contributed by atoms with Crippen molar-refractivity contribution in [1.82, 2.24) is 0 Å². The van der Waals surface area contributed by atoms with E-state index >= 15 is 0 Å². The van der Waals surface area contributed by atoms with Crippen molar-refractivity contribution >= 4 is 19.8 Å². The highest BCUT2D eigenvalue weighted by molar-refractivity contribution is 7.45. The van der Waals surface area contributed by atoms with Crippen molar-refractivity contribution in [2.24, 2.45) is 0 Å². The number of carbonyl (C=O) groups is 2. The number of esters is 2. The van der Waals surface area contributed by atoms with E-state index < -0.39 is 32.5 Å². The molecule has 0 spiro atoms. The Bertz CT molecular complexity index is 1900. The van der Waals surface area contributed by atoms with Crippen LogP contribution in [0, 0.1) is 0 Å². The van der Waals surface area contributed by atoms with Crippen LogP contribution in [0.4, 0.5) is 0 Å². The minimum Gasteiger partial charge on any atom is -0.756 e. The van der Waals surface area contributed by atoms with Gasteiger partial charge in [-0.25, -0.2) is 0 Å². The number of phosphoric acid groups is 1. The first-order chi connectivity index (χ1) is 41.5. The Labute approximate surface area is 523 Å². The monoisotopic (exact) mass is 1200 g/mol. The maximum atomic E-state index is 12.8. The van der Waals surface area contributed by atoms with Crippen molar-refractivity contribution in [3.8, 4) is 0 Å². The molecule has 0 saturated carbocycles. The number of hydrogen-bond donors (Lipinski definition) is 0. The highest BCUT2D eigenvalue weighted by Crippen LogP contribution is 2.38. The number of allylic oxidation sites excluding steroid dienone is 22. The lowest BCUT2D eigenvalue weighted by Gasteiger charge is -2.28. The van der Waals surface area contributed by atoms with Crippen LogP contribution in [0.15, 0.2) is 134 Å². The number of ether oxygens (including phenoxy) is 2. The van der Waals surface area contributed by atoms with Gasteiger partial charge in [-0.2, -0.15) is 0 Å². The van der Waals surface area contributed by atoms with Crippen molar-refractivity contribution in [2.45, 2.75) is 283 Å². The van der Waals surface area contributed by atoms with Gasteiger partial charge in [0, 0.05) is 12.8 Å². The lowest BCUT2D eigenvalue weighted by molar-refractivity contribution is -0.870. The van der Waals surface area contributed by atoms with Crippen LogP contribution in [0.2, 0.25) is 0 Å². The van der Waals surface area contributed by atoms with E-state index in [9.17, 15) is 19.0 Å². The summed E-state index contributed by atoms with van der Waals surface area (Å²) in [5.74, 6) is -0.871. The average Bonchev–Trinajstić information content (AvgIpc) is 3.50. The summed E-state index contributed by atoms with van der Waals surface area (Å²) in [6.07, 6.45) is 93.9. The maximum Gasteiger partial charge on any atom is 0.306 e. The van der Waals surface area contributed by atoms with E-state index in [1.807, 2.05) is 21.1 Å². The largest absolute Gasteiger partial charge is 0.756 e. The van der Waals surface area contributed by atoms with Crippen LogP contribution in [0.3, 0.4) is 0 Å². The highest BCUT2D eigenvalue weighted by Gasteiger charge is 2.22. The predicted octanol–water partition coefficient (Wildman–Crippen LogP) is 21.8. The van der Waals surface area contributed by atoms with E-state index in [0.29, 0.717) is 17.4 Å². The fraction of sp³-hybridized carbons (Fsp3) is 0.680. The SMILES string of the molecule is CC/C=C\C/C=C\C/C=C\C/C=C\C/C=C\C/C=C\C/C=C\C/C=C\C/C=C\C/C=C\C/C=C\CCCCCC(=O)OC(COC(=O)CCCCCCCCCCCCCCCCCCCCCCCCCC)COP(=O)([O-])OCC[N+](C)(C)C. The second-order valence-corrected chi connectivity index (χ2v) is 25.2. The van der Waals surface area contributed by atoms with Crippen LogP contribution in [0.25, 0.3) is 0 Å². The lowest BCUT2D eigenvalue weighted by Crippen LogP contribution is -2.37. The van der Waals surface area contributed by atoms with E-state index in [2.05, 4.69) is 148 Å². The van der Waals surface area contributed by atoms with Gasteiger partial charge < -0.3 is 27.9 Å². The molecule has 0 aliphatic rings. The van der Waals surface area contributed by atoms with Crippen molar-refractivity contribution in [3.05, 3.63) is 134 Å². The van der Waals surface area contributed by atoms with E-state index in [0.717, 1.165) is 109 Å². The van der Waals surface area contributed by atoms with Crippen LogP contribution >= 0.6 is 7.82 Å². The molecule has 10 heteroatoms. The number of quaternary nitrogens is 1. The summed E-state index contributed by atoms with van der Waals surface area (Å²) < 4.78 is 34.2. The van der Waals surface area contributed by atoms with Crippen LogP contribution < -0.4 is 4.89 Å². The van der Waals surface area contributed by atoms with Crippen molar-refractivity contribution in [3.63, 3.8) is 0 Å². The molecule has 0 aromatic rings. The number of nitrogens with zero attached hydrogens (tertiary/aromatic N) is 1. The van der Waals surface area contributed by atoms with Gasteiger partial charge in [-0.05, 0) is 96.3 Å². The molecule has 85 heavy (non-hydrogen) atoms. The predicted molar refractivity (Wildman–Crippen MR) is 364 cm³/mol. The number of carbonyl (C=O) groups excluding carboxylic acids is 2. The molecule has 0 aromatic carbocycles. The molecule has 0 amide bonds. The smallest absolute Gasteiger partial charge is 0.306 e. The summed E-state index contributed by atoms with van der Waals surface area (Å²) >= 11 is 0. The van der Waals surface area contributed by atoms with Crippen molar-refractivity contribution in [1.29, 1.82) is 0 Å². The number of phosphoric ester groups is 1. The average molecular weight is 1200 g/mol. The summed E-state index contributed by atoms with van der Waals surface area (Å²) in [5, 5.41) is 0. The summed E-state index contributed by atoms with van der Waals surface area (Å²) in [7, 11) is 1.13. The first-order valence-corrected chi connectivity index (χ1v) is 35.9. The Balaban J connectivity index is 4.19. The van der Waals surface area contributed by atoms with Crippen LogP contribution in [-0.2, 0) is 32.7 Å². The minimum absolute atomic E-state index is 0.0430. The molecule has 486 valence electrons. The number of likely N-dealkylation sites (N-methyl/N-ethyl adjacent to an activating group) is 1. The zero-order chi connectivity index (χ0) is 61.9. The second-order valence-electron chi connectivity index (χ2n) is 23.8. The molecule has 0 heterocycles. The van der Waals surface area contributed by atoms with Gasteiger partial charge in [0.15, 0.2) is 6.10 Å². The first kappa shape index (κ1) is 81.2.